The fraction of sp³-hybridized carbons (Fsp3) is 0.588. The highest BCUT2D eigenvalue weighted by Crippen LogP contribution is 2.15. The molecule has 134 valence electrons. The summed E-state index contributed by atoms with van der Waals surface area (Å²) >= 11 is 0. The third kappa shape index (κ3) is 5.49. The molecule has 1 N–H and O–H groups in total. The number of hydrogen-bond donors (Lipinski definition) is 1. The van der Waals surface area contributed by atoms with Crippen LogP contribution in [0.2, 0.25) is 0 Å². The van der Waals surface area contributed by atoms with E-state index in [9.17, 15) is 13.2 Å². The number of likely N-dealkylation sites (tertiary alicyclic amines) is 1. The molecule has 2 rings (SSSR count). The van der Waals surface area contributed by atoms with Crippen molar-refractivity contribution in [2.45, 2.75) is 38.6 Å². The van der Waals surface area contributed by atoms with Gasteiger partial charge < -0.3 is 9.64 Å². The number of benzene rings is 1. The van der Waals surface area contributed by atoms with Crippen LogP contribution in [0.4, 0.5) is 0 Å². The number of carbonyl (C=O) groups is 1. The first-order valence-corrected chi connectivity index (χ1v) is 9.99. The van der Waals surface area contributed by atoms with E-state index < -0.39 is 10.0 Å². The summed E-state index contributed by atoms with van der Waals surface area (Å²) in [5.41, 5.74) is 0.951. The van der Waals surface area contributed by atoms with Crippen LogP contribution in [0.15, 0.2) is 24.3 Å². The van der Waals surface area contributed by atoms with Crippen molar-refractivity contribution < 1.29 is 17.9 Å². The van der Waals surface area contributed by atoms with Gasteiger partial charge in [0.1, 0.15) is 5.75 Å². The summed E-state index contributed by atoms with van der Waals surface area (Å²) < 4.78 is 31.5. The smallest absolute Gasteiger partial charge is 0.226 e. The van der Waals surface area contributed by atoms with Crippen molar-refractivity contribution in [2.75, 3.05) is 26.0 Å². The highest BCUT2D eigenvalue weighted by molar-refractivity contribution is 7.89. The average Bonchev–Trinajstić information content (AvgIpc) is 2.55. The second kappa shape index (κ2) is 8.48. The van der Waals surface area contributed by atoms with E-state index >= 15 is 0 Å². The quantitative estimate of drug-likeness (QED) is 0.806. The van der Waals surface area contributed by atoms with Gasteiger partial charge in [0.25, 0.3) is 0 Å². The Morgan fingerprint density at radius 1 is 1.25 bits per heavy atom. The Morgan fingerprint density at radius 3 is 2.42 bits per heavy atom. The number of sulfonamides is 1. The van der Waals surface area contributed by atoms with Crippen molar-refractivity contribution >= 4 is 15.9 Å². The molecular formula is C17H26N2O4S. The van der Waals surface area contributed by atoms with Crippen LogP contribution in [0.1, 0.15) is 31.7 Å². The number of nitrogens with zero attached hydrogens (tertiary/aromatic N) is 1. The Labute approximate surface area is 144 Å². The fourth-order valence-electron chi connectivity index (χ4n) is 2.86. The van der Waals surface area contributed by atoms with E-state index in [4.69, 9.17) is 4.74 Å². The Bertz CT molecular complexity index is 635. The van der Waals surface area contributed by atoms with Gasteiger partial charge in [-0.3, -0.25) is 4.79 Å². The Kier molecular flexibility index (Phi) is 6.62. The molecule has 0 spiro atoms. The molecule has 0 atom stereocenters. The first kappa shape index (κ1) is 18.7. The SMILES string of the molecule is CCCS(=O)(=O)NC1CCN(C(=O)Cc2ccc(OC)cc2)CC1. The minimum Gasteiger partial charge on any atom is -0.497 e. The minimum atomic E-state index is -3.19. The Morgan fingerprint density at radius 2 is 1.88 bits per heavy atom. The maximum Gasteiger partial charge on any atom is 0.226 e. The van der Waals surface area contributed by atoms with Crippen LogP contribution in [-0.2, 0) is 21.2 Å². The molecule has 6 nitrogen and oxygen atoms in total. The van der Waals surface area contributed by atoms with E-state index in [1.165, 1.54) is 0 Å². The topological polar surface area (TPSA) is 75.7 Å². The number of methoxy groups -OCH3 is 1. The monoisotopic (exact) mass is 354 g/mol. The molecule has 0 aliphatic carbocycles. The summed E-state index contributed by atoms with van der Waals surface area (Å²) in [7, 11) is -1.58. The van der Waals surface area contributed by atoms with Gasteiger partial charge in [-0.25, -0.2) is 13.1 Å². The third-order valence-corrected chi connectivity index (χ3v) is 5.82. The molecule has 0 saturated carbocycles. The van der Waals surface area contributed by atoms with E-state index in [0.717, 1.165) is 11.3 Å². The molecule has 1 amide bonds. The lowest BCUT2D eigenvalue weighted by Gasteiger charge is -2.32. The average molecular weight is 354 g/mol. The van der Waals surface area contributed by atoms with Gasteiger partial charge in [0.2, 0.25) is 15.9 Å². The molecule has 1 heterocycles. The maximum atomic E-state index is 12.4. The second-order valence-corrected chi connectivity index (χ2v) is 7.99. The molecular weight excluding hydrogens is 328 g/mol. The van der Waals surface area contributed by atoms with Crippen molar-refractivity contribution in [3.05, 3.63) is 29.8 Å². The lowest BCUT2D eigenvalue weighted by molar-refractivity contribution is -0.131. The van der Waals surface area contributed by atoms with Crippen molar-refractivity contribution in [2.24, 2.45) is 0 Å². The van der Waals surface area contributed by atoms with Gasteiger partial charge in [-0.1, -0.05) is 19.1 Å². The molecule has 0 radical (unpaired) electrons. The zero-order chi connectivity index (χ0) is 17.6. The van der Waals surface area contributed by atoms with Gasteiger partial charge in [0.05, 0.1) is 19.3 Å². The third-order valence-electron chi connectivity index (χ3n) is 4.18. The summed E-state index contributed by atoms with van der Waals surface area (Å²) in [6, 6.07) is 7.41. The molecule has 1 aromatic rings. The van der Waals surface area contributed by atoms with Crippen molar-refractivity contribution in [3.8, 4) is 5.75 Å². The van der Waals surface area contributed by atoms with Crippen LogP contribution >= 0.6 is 0 Å². The van der Waals surface area contributed by atoms with Gasteiger partial charge in [-0.15, -0.1) is 0 Å². The van der Waals surface area contributed by atoms with Crippen molar-refractivity contribution in [3.63, 3.8) is 0 Å². The largest absolute Gasteiger partial charge is 0.497 e. The highest BCUT2D eigenvalue weighted by Gasteiger charge is 2.25. The number of rotatable bonds is 7. The van der Waals surface area contributed by atoms with Crippen LogP contribution in [-0.4, -0.2) is 51.2 Å². The number of hydrogen-bond acceptors (Lipinski definition) is 4. The predicted octanol–water partition coefficient (Wildman–Crippen LogP) is 1.56. The number of nitrogens with one attached hydrogen (secondary N) is 1. The van der Waals surface area contributed by atoms with Crippen LogP contribution in [0, 0.1) is 0 Å². The summed E-state index contributed by atoms with van der Waals surface area (Å²) in [5, 5.41) is 0. The van der Waals surface area contributed by atoms with Gasteiger partial charge in [0, 0.05) is 19.1 Å². The summed E-state index contributed by atoms with van der Waals surface area (Å²) in [6.45, 7) is 3.03. The summed E-state index contributed by atoms with van der Waals surface area (Å²) in [4.78, 5) is 14.2. The minimum absolute atomic E-state index is 0.0633. The molecule has 1 fully saturated rings. The number of carbonyl (C=O) groups excluding carboxylic acids is 1. The van der Waals surface area contributed by atoms with Crippen LogP contribution < -0.4 is 9.46 Å². The zero-order valence-electron chi connectivity index (χ0n) is 14.3. The first-order valence-electron chi connectivity index (χ1n) is 8.34. The second-order valence-electron chi connectivity index (χ2n) is 6.12. The summed E-state index contributed by atoms with van der Waals surface area (Å²) in [5.74, 6) is 1.00. The molecule has 24 heavy (non-hydrogen) atoms. The fourth-order valence-corrected chi connectivity index (χ4v) is 4.26. The molecule has 0 unspecified atom stereocenters. The van der Waals surface area contributed by atoms with E-state index in [-0.39, 0.29) is 17.7 Å². The molecule has 7 heteroatoms. The number of amides is 1. The van der Waals surface area contributed by atoms with Gasteiger partial charge >= 0.3 is 0 Å². The van der Waals surface area contributed by atoms with E-state index in [0.29, 0.717) is 38.8 Å². The van der Waals surface area contributed by atoms with Crippen LogP contribution in [0.3, 0.4) is 0 Å². The zero-order valence-corrected chi connectivity index (χ0v) is 15.1. The maximum absolute atomic E-state index is 12.4. The lowest BCUT2D eigenvalue weighted by Crippen LogP contribution is -2.47. The Balaban J connectivity index is 1.81. The molecule has 1 aliphatic rings. The van der Waals surface area contributed by atoms with Crippen LogP contribution in [0.5, 0.6) is 5.75 Å². The molecule has 0 bridgehead atoms. The van der Waals surface area contributed by atoms with Gasteiger partial charge in [-0.2, -0.15) is 0 Å². The molecule has 0 aromatic heterocycles. The van der Waals surface area contributed by atoms with E-state index in [1.807, 2.05) is 36.1 Å². The molecule has 1 aliphatic heterocycles. The Hall–Kier alpha value is -1.60. The van der Waals surface area contributed by atoms with E-state index in [2.05, 4.69) is 4.72 Å². The normalized spacial score (nSPS) is 16.2. The molecule has 1 aromatic carbocycles. The number of piperidine rings is 1. The van der Waals surface area contributed by atoms with E-state index in [1.54, 1.807) is 7.11 Å². The van der Waals surface area contributed by atoms with Gasteiger partial charge in [-0.05, 0) is 37.0 Å². The lowest BCUT2D eigenvalue weighted by atomic mass is 10.0. The molecule has 1 saturated heterocycles. The highest BCUT2D eigenvalue weighted by atomic mass is 32.2. The first-order chi connectivity index (χ1) is 11.4. The predicted molar refractivity (Wildman–Crippen MR) is 93.5 cm³/mol. The number of ether oxygens (including phenoxy) is 1. The standard InChI is InChI=1S/C17H26N2O4S/c1-3-12-24(21,22)18-15-8-10-19(11-9-15)17(20)13-14-4-6-16(23-2)7-5-14/h4-7,15,18H,3,8-13H2,1-2H3. The van der Waals surface area contributed by atoms with Crippen molar-refractivity contribution in [1.29, 1.82) is 0 Å². The van der Waals surface area contributed by atoms with Crippen LogP contribution in [0.25, 0.3) is 0 Å². The van der Waals surface area contributed by atoms with Gasteiger partial charge in [0.15, 0.2) is 0 Å². The summed E-state index contributed by atoms with van der Waals surface area (Å²) in [6.07, 6.45) is 2.29. The van der Waals surface area contributed by atoms with Crippen molar-refractivity contribution in [1.82, 2.24) is 9.62 Å².